The molecule has 2 N–H and O–H groups in total. The van der Waals surface area contributed by atoms with E-state index in [-0.39, 0.29) is 30.7 Å². The van der Waals surface area contributed by atoms with Gasteiger partial charge >= 0.3 is 0 Å². The summed E-state index contributed by atoms with van der Waals surface area (Å²) >= 11 is 0. The lowest BCUT2D eigenvalue weighted by molar-refractivity contribution is -0.130. The van der Waals surface area contributed by atoms with Gasteiger partial charge in [0.25, 0.3) is 0 Å². The number of nitrogens with zero attached hydrogens (tertiary/aromatic N) is 1. The maximum atomic E-state index is 12.8. The first-order chi connectivity index (χ1) is 10.6. The minimum atomic E-state index is -0.464. The lowest BCUT2D eigenvalue weighted by atomic mass is 9.78. The number of anilines is 1. The fraction of sp³-hybridized carbons (Fsp3) is 0.500. The summed E-state index contributed by atoms with van der Waals surface area (Å²) in [5.74, 6) is 0.628. The molecule has 2 aromatic rings. The Hall–Kier alpha value is -1.34. The average molecular weight is 376 g/mol. The predicted octanol–water partition coefficient (Wildman–Crippen LogP) is 2.93. The minimum absolute atomic E-state index is 0. The Morgan fingerprint density at radius 3 is 2.75 bits per heavy atom. The van der Waals surface area contributed by atoms with E-state index in [4.69, 9.17) is 9.15 Å². The third kappa shape index (κ3) is 4.19. The number of fused-ring (bicyclic) bond motifs is 1. The smallest absolute Gasteiger partial charge is 0.233 e. The number of halogens is 2. The number of hydrogen-bond donors (Lipinski definition) is 2. The molecule has 0 bridgehead atoms. The topological polar surface area (TPSA) is 76.4 Å². The van der Waals surface area contributed by atoms with Gasteiger partial charge in [-0.2, -0.15) is 0 Å². The molecule has 1 aliphatic heterocycles. The van der Waals surface area contributed by atoms with Crippen LogP contribution in [-0.4, -0.2) is 37.7 Å². The number of amides is 1. The molecule has 1 aromatic carbocycles. The summed E-state index contributed by atoms with van der Waals surface area (Å²) in [4.78, 5) is 17.1. The molecule has 1 amide bonds. The fourth-order valence-electron chi connectivity index (χ4n) is 3.00. The van der Waals surface area contributed by atoms with E-state index in [9.17, 15) is 4.79 Å². The Morgan fingerprint density at radius 1 is 1.38 bits per heavy atom. The lowest BCUT2D eigenvalue weighted by Gasteiger charge is -2.35. The summed E-state index contributed by atoms with van der Waals surface area (Å²) in [7, 11) is 1.64. The van der Waals surface area contributed by atoms with E-state index in [1.165, 1.54) is 0 Å². The molecular weight excluding hydrogens is 353 g/mol. The highest BCUT2D eigenvalue weighted by molar-refractivity contribution is 5.97. The molecule has 0 spiro atoms. The van der Waals surface area contributed by atoms with E-state index >= 15 is 0 Å². The zero-order valence-electron chi connectivity index (χ0n) is 13.8. The average Bonchev–Trinajstić information content (AvgIpc) is 2.88. The van der Waals surface area contributed by atoms with Gasteiger partial charge in [-0.05, 0) is 44.1 Å². The maximum Gasteiger partial charge on any atom is 0.233 e. The van der Waals surface area contributed by atoms with Gasteiger partial charge in [0, 0.05) is 19.7 Å². The fourth-order valence-corrected chi connectivity index (χ4v) is 3.00. The van der Waals surface area contributed by atoms with Gasteiger partial charge in [0.1, 0.15) is 5.52 Å². The van der Waals surface area contributed by atoms with E-state index in [0.29, 0.717) is 12.5 Å². The summed E-state index contributed by atoms with van der Waals surface area (Å²) in [6, 6.07) is 5.51. The number of carbonyl (C=O) groups is 1. The molecule has 1 aliphatic rings. The maximum absolute atomic E-state index is 12.8. The molecule has 1 aromatic heterocycles. The number of aryl methyl sites for hydroxylation is 1. The first-order valence-electron chi connectivity index (χ1n) is 7.51. The van der Waals surface area contributed by atoms with Gasteiger partial charge in [-0.15, -0.1) is 24.8 Å². The number of rotatable bonds is 4. The van der Waals surface area contributed by atoms with Crippen LogP contribution < -0.4 is 10.6 Å². The van der Waals surface area contributed by atoms with Crippen LogP contribution in [0.25, 0.3) is 11.1 Å². The van der Waals surface area contributed by atoms with Crippen LogP contribution in [0.5, 0.6) is 0 Å². The number of benzene rings is 1. The second-order valence-corrected chi connectivity index (χ2v) is 5.83. The first-order valence-corrected chi connectivity index (χ1v) is 7.51. The third-order valence-electron chi connectivity index (χ3n) is 4.22. The number of hydrogen-bond acceptors (Lipinski definition) is 5. The predicted molar refractivity (Wildman–Crippen MR) is 98.3 cm³/mol. The van der Waals surface area contributed by atoms with Crippen molar-refractivity contribution >= 4 is 47.5 Å². The number of aromatic nitrogens is 1. The van der Waals surface area contributed by atoms with Crippen molar-refractivity contribution in [3.05, 3.63) is 24.1 Å². The van der Waals surface area contributed by atoms with Gasteiger partial charge in [-0.3, -0.25) is 4.79 Å². The van der Waals surface area contributed by atoms with E-state index in [2.05, 4.69) is 15.6 Å². The molecule has 1 saturated heterocycles. The Labute approximate surface area is 153 Å². The molecule has 134 valence electrons. The molecule has 0 atom stereocenters. The SMILES string of the molecule is COCC1(C(=O)Nc2ccc3oc(C)nc3c2)CCNCC1.Cl.Cl. The van der Waals surface area contributed by atoms with E-state index in [1.54, 1.807) is 14.0 Å². The van der Waals surface area contributed by atoms with Crippen molar-refractivity contribution < 1.29 is 13.9 Å². The first kappa shape index (κ1) is 20.7. The van der Waals surface area contributed by atoms with Crippen molar-refractivity contribution in [1.82, 2.24) is 10.3 Å². The van der Waals surface area contributed by atoms with E-state index < -0.39 is 5.41 Å². The van der Waals surface area contributed by atoms with Crippen LogP contribution in [0, 0.1) is 12.3 Å². The van der Waals surface area contributed by atoms with Crippen LogP contribution >= 0.6 is 24.8 Å². The molecule has 0 saturated carbocycles. The van der Waals surface area contributed by atoms with Gasteiger partial charge in [-0.1, -0.05) is 0 Å². The number of carbonyl (C=O) groups excluding carboxylic acids is 1. The quantitative estimate of drug-likeness (QED) is 0.858. The van der Waals surface area contributed by atoms with Crippen molar-refractivity contribution in [2.24, 2.45) is 5.41 Å². The van der Waals surface area contributed by atoms with Gasteiger partial charge in [0.2, 0.25) is 5.91 Å². The molecular formula is C16H23Cl2N3O3. The molecule has 0 aliphatic carbocycles. The zero-order chi connectivity index (χ0) is 15.6. The van der Waals surface area contributed by atoms with Crippen LogP contribution in [-0.2, 0) is 9.53 Å². The highest BCUT2D eigenvalue weighted by atomic mass is 35.5. The van der Waals surface area contributed by atoms with Crippen LogP contribution in [0.15, 0.2) is 22.6 Å². The number of oxazole rings is 1. The number of piperidine rings is 1. The minimum Gasteiger partial charge on any atom is -0.441 e. The molecule has 24 heavy (non-hydrogen) atoms. The molecule has 1 fully saturated rings. The van der Waals surface area contributed by atoms with Gasteiger partial charge < -0.3 is 19.8 Å². The highest BCUT2D eigenvalue weighted by Gasteiger charge is 2.39. The molecule has 3 rings (SSSR count). The van der Waals surface area contributed by atoms with Crippen LogP contribution in [0.1, 0.15) is 18.7 Å². The largest absolute Gasteiger partial charge is 0.441 e. The van der Waals surface area contributed by atoms with E-state index in [1.807, 2.05) is 18.2 Å². The van der Waals surface area contributed by atoms with Crippen LogP contribution in [0.4, 0.5) is 5.69 Å². The monoisotopic (exact) mass is 375 g/mol. The number of methoxy groups -OCH3 is 1. The van der Waals surface area contributed by atoms with Crippen molar-refractivity contribution in [2.75, 3.05) is 32.1 Å². The van der Waals surface area contributed by atoms with Crippen LogP contribution in [0.3, 0.4) is 0 Å². The third-order valence-corrected chi connectivity index (χ3v) is 4.22. The standard InChI is InChI=1S/C16H21N3O3.2ClH/c1-11-18-13-9-12(3-4-14(13)22-11)19-15(20)16(10-21-2)5-7-17-8-6-16;;/h3-4,9,17H,5-8,10H2,1-2H3,(H,19,20);2*1H. The molecule has 0 unspecified atom stereocenters. The Bertz CT molecular complexity index is 679. The Kier molecular flexibility index (Phi) is 7.48. The van der Waals surface area contributed by atoms with Crippen molar-refractivity contribution in [3.63, 3.8) is 0 Å². The van der Waals surface area contributed by atoms with Gasteiger partial charge in [0.05, 0.1) is 12.0 Å². The van der Waals surface area contributed by atoms with Crippen molar-refractivity contribution in [2.45, 2.75) is 19.8 Å². The second-order valence-electron chi connectivity index (χ2n) is 5.83. The lowest BCUT2D eigenvalue weighted by Crippen LogP contribution is -2.47. The normalized spacial score (nSPS) is 16.1. The summed E-state index contributed by atoms with van der Waals surface area (Å²) in [6.45, 7) is 3.91. The van der Waals surface area contributed by atoms with Crippen molar-refractivity contribution in [1.29, 1.82) is 0 Å². The number of nitrogens with one attached hydrogen (secondary N) is 2. The summed E-state index contributed by atoms with van der Waals surface area (Å²) in [6.07, 6.45) is 1.55. The Balaban J connectivity index is 0.00000144. The summed E-state index contributed by atoms with van der Waals surface area (Å²) in [5, 5.41) is 6.30. The van der Waals surface area contributed by atoms with Gasteiger partial charge in [0.15, 0.2) is 11.5 Å². The summed E-state index contributed by atoms with van der Waals surface area (Å²) in [5.41, 5.74) is 1.75. The molecule has 2 heterocycles. The molecule has 0 radical (unpaired) electrons. The molecule has 8 heteroatoms. The Morgan fingerprint density at radius 2 is 2.08 bits per heavy atom. The van der Waals surface area contributed by atoms with Gasteiger partial charge in [-0.25, -0.2) is 4.98 Å². The second kappa shape index (κ2) is 8.67. The van der Waals surface area contributed by atoms with Crippen LogP contribution in [0.2, 0.25) is 0 Å². The number of ether oxygens (including phenoxy) is 1. The summed E-state index contributed by atoms with van der Waals surface area (Å²) < 4.78 is 10.8. The zero-order valence-corrected chi connectivity index (χ0v) is 15.4. The van der Waals surface area contributed by atoms with E-state index in [0.717, 1.165) is 42.7 Å². The molecule has 6 nitrogen and oxygen atoms in total. The highest BCUT2D eigenvalue weighted by Crippen LogP contribution is 2.31. The van der Waals surface area contributed by atoms with Crippen molar-refractivity contribution in [3.8, 4) is 0 Å².